The van der Waals surface area contributed by atoms with E-state index < -0.39 is 0 Å². The van der Waals surface area contributed by atoms with E-state index in [2.05, 4.69) is 33.0 Å². The molecule has 2 N–H and O–H groups in total. The zero-order valence-corrected chi connectivity index (χ0v) is 8.85. The van der Waals surface area contributed by atoms with Crippen molar-refractivity contribution in [1.82, 2.24) is 5.32 Å². The summed E-state index contributed by atoms with van der Waals surface area (Å²) in [6, 6.07) is 0.553. The van der Waals surface area contributed by atoms with Crippen molar-refractivity contribution >= 4 is 0 Å². The summed E-state index contributed by atoms with van der Waals surface area (Å²) in [5, 5.41) is 12.0. The van der Waals surface area contributed by atoms with Crippen molar-refractivity contribution in [3.8, 4) is 0 Å². The fraction of sp³-hybridized carbons (Fsp3) is 1.00. The summed E-state index contributed by atoms with van der Waals surface area (Å²) in [5.74, 6) is 0. The maximum absolute atomic E-state index is 8.65. The van der Waals surface area contributed by atoms with Crippen molar-refractivity contribution in [3.63, 3.8) is 0 Å². The Morgan fingerprint density at radius 2 is 1.92 bits per heavy atom. The summed E-state index contributed by atoms with van der Waals surface area (Å²) in [7, 11) is 0. The van der Waals surface area contributed by atoms with Gasteiger partial charge in [-0.2, -0.15) is 0 Å². The second-order valence-corrected chi connectivity index (χ2v) is 4.55. The minimum Gasteiger partial charge on any atom is -0.395 e. The van der Waals surface area contributed by atoms with Gasteiger partial charge in [0.25, 0.3) is 0 Å². The molecule has 0 bridgehead atoms. The summed E-state index contributed by atoms with van der Waals surface area (Å²) in [6.45, 7) is 9.87. The van der Waals surface area contributed by atoms with Crippen LogP contribution in [-0.2, 0) is 0 Å². The summed E-state index contributed by atoms with van der Waals surface area (Å²) in [5.41, 5.74) is 0.378. The van der Waals surface area contributed by atoms with Crippen LogP contribution in [0.4, 0.5) is 0 Å². The van der Waals surface area contributed by atoms with Crippen LogP contribution >= 0.6 is 0 Å². The highest BCUT2D eigenvalue weighted by atomic mass is 16.3. The molecule has 0 saturated heterocycles. The Balaban J connectivity index is 3.67. The van der Waals surface area contributed by atoms with Crippen LogP contribution in [0.3, 0.4) is 0 Å². The van der Waals surface area contributed by atoms with Crippen molar-refractivity contribution < 1.29 is 5.11 Å². The highest BCUT2D eigenvalue weighted by molar-refractivity contribution is 4.73. The lowest BCUT2D eigenvalue weighted by Crippen LogP contribution is -2.34. The van der Waals surface area contributed by atoms with Gasteiger partial charge in [-0.15, -0.1) is 0 Å². The molecule has 0 heterocycles. The number of nitrogens with one attached hydrogen (secondary N) is 1. The van der Waals surface area contributed by atoms with Crippen molar-refractivity contribution in [1.29, 1.82) is 0 Å². The van der Waals surface area contributed by atoms with Gasteiger partial charge < -0.3 is 10.4 Å². The first-order valence-electron chi connectivity index (χ1n) is 4.84. The van der Waals surface area contributed by atoms with Gasteiger partial charge in [-0.25, -0.2) is 0 Å². The minimum atomic E-state index is 0.237. The topological polar surface area (TPSA) is 32.3 Å². The van der Waals surface area contributed by atoms with Crippen LogP contribution < -0.4 is 5.32 Å². The molecule has 0 aliphatic carbocycles. The summed E-state index contributed by atoms with van der Waals surface area (Å²) < 4.78 is 0. The third-order valence-corrected chi connectivity index (χ3v) is 1.90. The van der Waals surface area contributed by atoms with Crippen LogP contribution in [-0.4, -0.2) is 24.3 Å². The Morgan fingerprint density at radius 1 is 1.33 bits per heavy atom. The normalized spacial score (nSPS) is 14.8. The van der Waals surface area contributed by atoms with Gasteiger partial charge in [0.1, 0.15) is 0 Å². The molecule has 1 atom stereocenters. The van der Waals surface area contributed by atoms with Crippen LogP contribution in [0.2, 0.25) is 0 Å². The predicted octanol–water partition coefficient (Wildman–Crippen LogP) is 1.78. The zero-order valence-electron chi connectivity index (χ0n) is 8.85. The number of hydrogen-bond donors (Lipinski definition) is 2. The molecule has 0 aliphatic rings. The third kappa shape index (κ3) is 6.62. The van der Waals surface area contributed by atoms with Crippen molar-refractivity contribution in [2.45, 2.75) is 46.6 Å². The lowest BCUT2D eigenvalue weighted by Gasteiger charge is -2.25. The number of hydrogen-bond acceptors (Lipinski definition) is 2. The van der Waals surface area contributed by atoms with Gasteiger partial charge in [-0.3, -0.25) is 0 Å². The van der Waals surface area contributed by atoms with Gasteiger partial charge in [-0.05, 0) is 18.3 Å². The predicted molar refractivity (Wildman–Crippen MR) is 53.2 cm³/mol. The molecular weight excluding hydrogens is 150 g/mol. The Kier molecular flexibility index (Phi) is 5.51. The van der Waals surface area contributed by atoms with Crippen molar-refractivity contribution in [2.75, 3.05) is 13.2 Å². The van der Waals surface area contributed by atoms with E-state index in [1.807, 2.05) is 0 Å². The standard InChI is InChI=1S/C10H23NO/c1-5-9(11-6-7-12)8-10(2,3)4/h9,11-12H,5-8H2,1-4H3. The Morgan fingerprint density at radius 3 is 2.25 bits per heavy atom. The first-order valence-corrected chi connectivity index (χ1v) is 4.84. The lowest BCUT2D eigenvalue weighted by atomic mass is 9.87. The largest absolute Gasteiger partial charge is 0.395 e. The van der Waals surface area contributed by atoms with Crippen molar-refractivity contribution in [2.24, 2.45) is 5.41 Å². The lowest BCUT2D eigenvalue weighted by molar-refractivity contribution is 0.258. The fourth-order valence-corrected chi connectivity index (χ4v) is 1.37. The van der Waals surface area contributed by atoms with Gasteiger partial charge >= 0.3 is 0 Å². The molecule has 0 aromatic carbocycles. The zero-order chi connectivity index (χ0) is 9.61. The van der Waals surface area contributed by atoms with E-state index >= 15 is 0 Å². The van der Waals surface area contributed by atoms with Gasteiger partial charge in [0, 0.05) is 12.6 Å². The average Bonchev–Trinajstić information content (AvgIpc) is 1.95. The van der Waals surface area contributed by atoms with Gasteiger partial charge in [0.05, 0.1) is 6.61 Å². The summed E-state index contributed by atoms with van der Waals surface area (Å²) in [6.07, 6.45) is 2.31. The van der Waals surface area contributed by atoms with Crippen LogP contribution in [0.5, 0.6) is 0 Å². The van der Waals surface area contributed by atoms with E-state index in [0.717, 1.165) is 6.42 Å². The van der Waals surface area contributed by atoms with Gasteiger partial charge in [0.15, 0.2) is 0 Å². The van der Waals surface area contributed by atoms with Crippen LogP contribution in [0.25, 0.3) is 0 Å². The Bertz CT molecular complexity index is 107. The average molecular weight is 173 g/mol. The SMILES string of the molecule is CCC(CC(C)(C)C)NCCO. The molecule has 1 unspecified atom stereocenters. The molecule has 0 aromatic rings. The van der Waals surface area contributed by atoms with Crippen molar-refractivity contribution in [3.05, 3.63) is 0 Å². The maximum Gasteiger partial charge on any atom is 0.0556 e. The molecule has 0 amide bonds. The van der Waals surface area contributed by atoms with Crippen LogP contribution in [0, 0.1) is 5.41 Å². The van der Waals surface area contributed by atoms with E-state index in [9.17, 15) is 0 Å². The summed E-state index contributed by atoms with van der Waals surface area (Å²) in [4.78, 5) is 0. The molecule has 12 heavy (non-hydrogen) atoms. The highest BCUT2D eigenvalue weighted by Crippen LogP contribution is 2.21. The first kappa shape index (κ1) is 11.9. The monoisotopic (exact) mass is 173 g/mol. The molecule has 0 spiro atoms. The molecule has 0 saturated carbocycles. The molecule has 2 heteroatoms. The maximum atomic E-state index is 8.65. The first-order chi connectivity index (χ1) is 5.49. The molecule has 74 valence electrons. The number of rotatable bonds is 5. The van der Waals surface area contributed by atoms with E-state index in [1.54, 1.807) is 0 Å². The van der Waals surface area contributed by atoms with E-state index in [1.165, 1.54) is 6.42 Å². The molecular formula is C10H23NO. The molecule has 0 radical (unpaired) electrons. The number of aliphatic hydroxyl groups excluding tert-OH is 1. The fourth-order valence-electron chi connectivity index (χ4n) is 1.37. The second kappa shape index (κ2) is 5.55. The van der Waals surface area contributed by atoms with E-state index in [-0.39, 0.29) is 6.61 Å². The number of aliphatic hydroxyl groups is 1. The molecule has 0 rings (SSSR count). The van der Waals surface area contributed by atoms with Gasteiger partial charge in [-0.1, -0.05) is 27.7 Å². The molecule has 2 nitrogen and oxygen atoms in total. The molecule has 0 aliphatic heterocycles. The molecule has 0 fully saturated rings. The van der Waals surface area contributed by atoms with Crippen LogP contribution in [0.15, 0.2) is 0 Å². The third-order valence-electron chi connectivity index (χ3n) is 1.90. The minimum absolute atomic E-state index is 0.237. The second-order valence-electron chi connectivity index (χ2n) is 4.55. The summed E-state index contributed by atoms with van der Waals surface area (Å²) >= 11 is 0. The quantitative estimate of drug-likeness (QED) is 0.664. The van der Waals surface area contributed by atoms with E-state index in [0.29, 0.717) is 18.0 Å². The molecule has 0 aromatic heterocycles. The smallest absolute Gasteiger partial charge is 0.0556 e. The Hall–Kier alpha value is -0.0800. The van der Waals surface area contributed by atoms with Crippen LogP contribution in [0.1, 0.15) is 40.5 Å². The Labute approximate surface area is 76.4 Å². The highest BCUT2D eigenvalue weighted by Gasteiger charge is 2.16. The van der Waals surface area contributed by atoms with Gasteiger partial charge in [0.2, 0.25) is 0 Å². The van der Waals surface area contributed by atoms with E-state index in [4.69, 9.17) is 5.11 Å².